The van der Waals surface area contributed by atoms with Crippen LogP contribution in [0.2, 0.25) is 0 Å². The molecule has 1 aromatic rings. The molecule has 2 N–H and O–H groups in total. The fourth-order valence-electron chi connectivity index (χ4n) is 2.18. The maximum atomic E-state index is 11.8. The van der Waals surface area contributed by atoms with E-state index in [9.17, 15) is 9.90 Å². The third kappa shape index (κ3) is 2.59. The van der Waals surface area contributed by atoms with Crippen molar-refractivity contribution in [2.24, 2.45) is 5.92 Å². The van der Waals surface area contributed by atoms with Gasteiger partial charge in [-0.3, -0.25) is 4.79 Å². The summed E-state index contributed by atoms with van der Waals surface area (Å²) in [5, 5.41) is 13.9. The number of aliphatic hydroxyl groups is 1. The molecule has 0 aliphatic heterocycles. The Morgan fingerprint density at radius 1 is 1.56 bits per heavy atom. The summed E-state index contributed by atoms with van der Waals surface area (Å²) in [7, 11) is 0. The van der Waals surface area contributed by atoms with E-state index in [2.05, 4.69) is 10.3 Å². The number of hydrogen-bond donors (Lipinski definition) is 2. The predicted molar refractivity (Wildman–Crippen MR) is 62.4 cm³/mol. The standard InChI is InChI=1S/C11H16N2O2S/c14-5-8-3-1-2-4-9(8)13-11(15)10-6-16-7-12-10/h6-9,14H,1-5H2,(H,13,15). The smallest absolute Gasteiger partial charge is 0.270 e. The molecule has 1 aliphatic rings. The largest absolute Gasteiger partial charge is 0.396 e. The van der Waals surface area contributed by atoms with E-state index in [0.717, 1.165) is 25.7 Å². The van der Waals surface area contributed by atoms with Gasteiger partial charge in [-0.1, -0.05) is 12.8 Å². The summed E-state index contributed by atoms with van der Waals surface area (Å²) in [4.78, 5) is 15.8. The first-order valence-corrected chi connectivity index (χ1v) is 6.55. The van der Waals surface area contributed by atoms with Crippen LogP contribution in [0.15, 0.2) is 10.9 Å². The van der Waals surface area contributed by atoms with Gasteiger partial charge >= 0.3 is 0 Å². The molecule has 4 nitrogen and oxygen atoms in total. The van der Waals surface area contributed by atoms with Gasteiger partial charge in [-0.25, -0.2) is 4.98 Å². The van der Waals surface area contributed by atoms with Crippen LogP contribution in [0.3, 0.4) is 0 Å². The Labute approximate surface area is 98.7 Å². The molecule has 16 heavy (non-hydrogen) atoms. The van der Waals surface area contributed by atoms with E-state index in [-0.39, 0.29) is 24.5 Å². The molecule has 1 aliphatic carbocycles. The minimum absolute atomic E-state index is 0.105. The van der Waals surface area contributed by atoms with Crippen LogP contribution in [0, 0.1) is 5.92 Å². The number of nitrogens with one attached hydrogen (secondary N) is 1. The number of aliphatic hydroxyl groups excluding tert-OH is 1. The van der Waals surface area contributed by atoms with Crippen molar-refractivity contribution in [1.82, 2.24) is 10.3 Å². The van der Waals surface area contributed by atoms with Crippen LogP contribution in [0.5, 0.6) is 0 Å². The summed E-state index contributed by atoms with van der Waals surface area (Å²) in [6, 6.07) is 0.105. The van der Waals surface area contributed by atoms with Crippen LogP contribution < -0.4 is 5.32 Å². The molecule has 88 valence electrons. The molecule has 0 bridgehead atoms. The Morgan fingerprint density at radius 3 is 3.06 bits per heavy atom. The molecule has 0 aromatic carbocycles. The van der Waals surface area contributed by atoms with Crippen LogP contribution >= 0.6 is 11.3 Å². The molecule has 0 spiro atoms. The van der Waals surface area contributed by atoms with Crippen molar-refractivity contribution in [3.05, 3.63) is 16.6 Å². The van der Waals surface area contributed by atoms with E-state index in [0.29, 0.717) is 5.69 Å². The third-order valence-electron chi connectivity index (χ3n) is 3.13. The molecule has 5 heteroatoms. The van der Waals surface area contributed by atoms with Crippen molar-refractivity contribution in [2.45, 2.75) is 31.7 Å². The van der Waals surface area contributed by atoms with Gasteiger partial charge in [-0.05, 0) is 12.8 Å². The average molecular weight is 240 g/mol. The fraction of sp³-hybridized carbons (Fsp3) is 0.636. The highest BCUT2D eigenvalue weighted by molar-refractivity contribution is 7.07. The summed E-state index contributed by atoms with van der Waals surface area (Å²) in [5.41, 5.74) is 2.13. The number of thiazole rings is 1. The summed E-state index contributed by atoms with van der Waals surface area (Å²) in [6.45, 7) is 0.155. The Kier molecular flexibility index (Phi) is 3.90. The van der Waals surface area contributed by atoms with Crippen molar-refractivity contribution >= 4 is 17.2 Å². The number of nitrogens with zero attached hydrogens (tertiary/aromatic N) is 1. The van der Waals surface area contributed by atoms with Gasteiger partial charge in [-0.2, -0.15) is 0 Å². The lowest BCUT2D eigenvalue weighted by Gasteiger charge is -2.30. The van der Waals surface area contributed by atoms with Crippen molar-refractivity contribution in [2.75, 3.05) is 6.61 Å². The second-order valence-corrected chi connectivity index (χ2v) is 4.90. The summed E-state index contributed by atoms with van der Waals surface area (Å²) in [5.74, 6) is 0.0861. The molecular formula is C11H16N2O2S. The number of hydrogen-bond acceptors (Lipinski definition) is 4. The van der Waals surface area contributed by atoms with Gasteiger partial charge in [0.15, 0.2) is 0 Å². The molecule has 1 aromatic heterocycles. The van der Waals surface area contributed by atoms with Crippen LogP contribution in [0.1, 0.15) is 36.2 Å². The Balaban J connectivity index is 1.95. The van der Waals surface area contributed by atoms with Crippen molar-refractivity contribution in [1.29, 1.82) is 0 Å². The van der Waals surface area contributed by atoms with Gasteiger partial charge in [0, 0.05) is 23.9 Å². The SMILES string of the molecule is O=C(NC1CCCCC1CO)c1cscn1. The number of carbonyl (C=O) groups is 1. The van der Waals surface area contributed by atoms with Gasteiger partial charge in [0.25, 0.3) is 5.91 Å². The van der Waals surface area contributed by atoms with Crippen molar-refractivity contribution in [3.8, 4) is 0 Å². The summed E-state index contributed by atoms with van der Waals surface area (Å²) < 4.78 is 0. The lowest BCUT2D eigenvalue weighted by molar-refractivity contribution is 0.0868. The van der Waals surface area contributed by atoms with Gasteiger partial charge in [0.2, 0.25) is 0 Å². The highest BCUT2D eigenvalue weighted by Crippen LogP contribution is 2.24. The molecule has 1 amide bonds. The number of aromatic nitrogens is 1. The molecule has 0 saturated heterocycles. The van der Waals surface area contributed by atoms with E-state index < -0.39 is 0 Å². The maximum Gasteiger partial charge on any atom is 0.270 e. The van der Waals surface area contributed by atoms with Crippen molar-refractivity contribution < 1.29 is 9.90 Å². The van der Waals surface area contributed by atoms with Gasteiger partial charge in [-0.15, -0.1) is 11.3 Å². The maximum absolute atomic E-state index is 11.8. The van der Waals surface area contributed by atoms with Crippen LogP contribution in [-0.4, -0.2) is 28.6 Å². The molecule has 0 radical (unpaired) electrons. The van der Waals surface area contributed by atoms with Crippen LogP contribution in [-0.2, 0) is 0 Å². The number of carbonyl (C=O) groups excluding carboxylic acids is 1. The fourth-order valence-corrected chi connectivity index (χ4v) is 2.72. The second-order valence-electron chi connectivity index (χ2n) is 4.18. The molecule has 2 atom stereocenters. The summed E-state index contributed by atoms with van der Waals surface area (Å²) >= 11 is 1.42. The number of amides is 1. The zero-order valence-electron chi connectivity index (χ0n) is 9.06. The van der Waals surface area contributed by atoms with E-state index in [1.54, 1.807) is 10.9 Å². The topological polar surface area (TPSA) is 62.2 Å². The molecule has 2 unspecified atom stereocenters. The quantitative estimate of drug-likeness (QED) is 0.840. The van der Waals surface area contributed by atoms with Gasteiger partial charge in [0.1, 0.15) is 5.69 Å². The highest BCUT2D eigenvalue weighted by Gasteiger charge is 2.26. The van der Waals surface area contributed by atoms with E-state index in [1.807, 2.05) is 0 Å². The van der Waals surface area contributed by atoms with E-state index >= 15 is 0 Å². The Morgan fingerprint density at radius 2 is 2.38 bits per heavy atom. The first-order chi connectivity index (χ1) is 7.81. The molecule has 1 heterocycles. The molecular weight excluding hydrogens is 224 g/mol. The normalized spacial score (nSPS) is 25.3. The summed E-state index contributed by atoms with van der Waals surface area (Å²) in [6.07, 6.45) is 4.23. The monoisotopic (exact) mass is 240 g/mol. The first-order valence-electron chi connectivity index (χ1n) is 5.61. The third-order valence-corrected chi connectivity index (χ3v) is 3.71. The number of rotatable bonds is 3. The molecule has 2 rings (SSSR count). The van der Waals surface area contributed by atoms with Crippen LogP contribution in [0.4, 0.5) is 0 Å². The first kappa shape index (κ1) is 11.5. The zero-order valence-corrected chi connectivity index (χ0v) is 9.87. The van der Waals surface area contributed by atoms with Gasteiger partial charge < -0.3 is 10.4 Å². The molecule has 1 fully saturated rings. The van der Waals surface area contributed by atoms with Gasteiger partial charge in [0.05, 0.1) is 5.51 Å². The average Bonchev–Trinajstić information content (AvgIpc) is 2.83. The minimum Gasteiger partial charge on any atom is -0.396 e. The second kappa shape index (κ2) is 5.41. The van der Waals surface area contributed by atoms with E-state index in [4.69, 9.17) is 0 Å². The lowest BCUT2D eigenvalue weighted by atomic mass is 9.85. The van der Waals surface area contributed by atoms with E-state index in [1.165, 1.54) is 11.3 Å². The Bertz CT molecular complexity index is 340. The van der Waals surface area contributed by atoms with Crippen LogP contribution in [0.25, 0.3) is 0 Å². The minimum atomic E-state index is -0.119. The van der Waals surface area contributed by atoms with Crippen molar-refractivity contribution in [3.63, 3.8) is 0 Å². The predicted octanol–water partition coefficient (Wildman–Crippen LogP) is 1.42. The molecule has 1 saturated carbocycles. The highest BCUT2D eigenvalue weighted by atomic mass is 32.1. The lowest BCUT2D eigenvalue weighted by Crippen LogP contribution is -2.43. The Hall–Kier alpha value is -0.940. The zero-order chi connectivity index (χ0) is 11.4.